The Hall–Kier alpha value is -5.45. The van der Waals surface area contributed by atoms with Crippen molar-refractivity contribution in [3.05, 3.63) is 140 Å². The highest BCUT2D eigenvalue weighted by atomic mass is 32.1. The third-order valence-electron chi connectivity index (χ3n) is 8.25. The van der Waals surface area contributed by atoms with Crippen molar-refractivity contribution in [2.45, 2.75) is 0 Å². The Kier molecular flexibility index (Phi) is 5.37. The molecular weight excluding hydrogens is 543 g/mol. The highest BCUT2D eigenvalue weighted by molar-refractivity contribution is 7.26. The third-order valence-corrected chi connectivity index (χ3v) is 9.39. The molecule has 9 rings (SSSR count). The SMILES string of the molecule is c1ccc(-c2nc(-c3ccc4nc(-c5ccccc5)c5ccc6sc7ccccc7c6c5c4c3)c3ccccc3n2)cc1. The van der Waals surface area contributed by atoms with E-state index in [4.69, 9.17) is 15.0 Å². The van der Waals surface area contributed by atoms with Gasteiger partial charge in [0.1, 0.15) is 0 Å². The second-order valence-electron chi connectivity index (χ2n) is 10.8. The van der Waals surface area contributed by atoms with Crippen molar-refractivity contribution in [2.75, 3.05) is 0 Å². The fourth-order valence-electron chi connectivity index (χ4n) is 6.28. The molecule has 0 saturated heterocycles. The Balaban J connectivity index is 1.41. The molecule has 0 spiro atoms. The quantitative estimate of drug-likeness (QED) is 0.200. The largest absolute Gasteiger partial charge is 0.247 e. The second-order valence-corrected chi connectivity index (χ2v) is 11.9. The van der Waals surface area contributed by atoms with Gasteiger partial charge in [-0.15, -0.1) is 11.3 Å². The highest BCUT2D eigenvalue weighted by Crippen LogP contribution is 2.44. The molecular formula is C39H23N3S. The first-order valence-electron chi connectivity index (χ1n) is 14.4. The summed E-state index contributed by atoms with van der Waals surface area (Å²) in [6.45, 7) is 0. The molecule has 0 aliphatic carbocycles. The van der Waals surface area contributed by atoms with Crippen molar-refractivity contribution < 1.29 is 0 Å². The van der Waals surface area contributed by atoms with Crippen LogP contribution >= 0.6 is 11.3 Å². The second kappa shape index (κ2) is 9.55. The van der Waals surface area contributed by atoms with Gasteiger partial charge in [-0.3, -0.25) is 0 Å². The molecule has 0 atom stereocenters. The predicted molar refractivity (Wildman–Crippen MR) is 182 cm³/mol. The number of hydrogen-bond acceptors (Lipinski definition) is 4. The molecule has 0 unspecified atom stereocenters. The molecule has 0 amide bonds. The van der Waals surface area contributed by atoms with Crippen molar-refractivity contribution in [3.63, 3.8) is 0 Å². The summed E-state index contributed by atoms with van der Waals surface area (Å²) in [7, 11) is 0. The van der Waals surface area contributed by atoms with Gasteiger partial charge in [0.15, 0.2) is 5.82 Å². The molecule has 0 saturated carbocycles. The summed E-state index contributed by atoms with van der Waals surface area (Å²) >= 11 is 1.85. The summed E-state index contributed by atoms with van der Waals surface area (Å²) in [5.41, 5.74) is 7.00. The average Bonchev–Trinajstić information content (AvgIpc) is 3.47. The molecule has 4 heteroatoms. The maximum atomic E-state index is 5.28. The van der Waals surface area contributed by atoms with E-state index in [1.54, 1.807) is 0 Å². The Bertz CT molecular complexity index is 2500. The van der Waals surface area contributed by atoms with Crippen molar-refractivity contribution in [2.24, 2.45) is 0 Å². The van der Waals surface area contributed by atoms with Crippen LogP contribution in [0.3, 0.4) is 0 Å². The summed E-state index contributed by atoms with van der Waals surface area (Å²) in [6.07, 6.45) is 0. The maximum Gasteiger partial charge on any atom is 0.160 e. The number of hydrogen-bond donors (Lipinski definition) is 0. The van der Waals surface area contributed by atoms with Gasteiger partial charge in [0, 0.05) is 58.4 Å². The average molecular weight is 566 g/mol. The van der Waals surface area contributed by atoms with Crippen LogP contribution in [0, 0.1) is 0 Å². The number of thiophene rings is 1. The van der Waals surface area contributed by atoms with Crippen LogP contribution in [0.1, 0.15) is 0 Å². The van der Waals surface area contributed by atoms with Crippen LogP contribution in [0.5, 0.6) is 0 Å². The van der Waals surface area contributed by atoms with Gasteiger partial charge >= 0.3 is 0 Å². The Labute approximate surface area is 251 Å². The van der Waals surface area contributed by atoms with E-state index in [0.717, 1.165) is 61.1 Å². The summed E-state index contributed by atoms with van der Waals surface area (Å²) in [5, 5.41) is 7.13. The molecule has 3 aromatic heterocycles. The van der Waals surface area contributed by atoms with E-state index in [2.05, 4.69) is 115 Å². The molecule has 0 bridgehead atoms. The fourth-order valence-corrected chi connectivity index (χ4v) is 7.40. The molecule has 3 nitrogen and oxygen atoms in total. The minimum atomic E-state index is 0.725. The monoisotopic (exact) mass is 565 g/mol. The standard InChI is InChI=1S/C39H23N3S/c1-3-11-24(12-4-1)37-29-20-22-34-36(28-16-8-10-18-33(28)43-34)35(29)30-23-26(19-21-32(30)40-37)38-27-15-7-9-17-31(27)41-39(42-38)25-13-5-2-6-14-25/h1-23H. The van der Waals surface area contributed by atoms with Crippen LogP contribution in [0.25, 0.3) is 86.7 Å². The van der Waals surface area contributed by atoms with Crippen molar-refractivity contribution in [3.8, 4) is 33.9 Å². The number of benzene rings is 6. The Morgan fingerprint density at radius 3 is 1.88 bits per heavy atom. The lowest BCUT2D eigenvalue weighted by atomic mass is 9.94. The topological polar surface area (TPSA) is 38.7 Å². The van der Waals surface area contributed by atoms with Crippen LogP contribution in [-0.4, -0.2) is 15.0 Å². The smallest absolute Gasteiger partial charge is 0.160 e. The maximum absolute atomic E-state index is 5.28. The Morgan fingerprint density at radius 1 is 0.372 bits per heavy atom. The Morgan fingerprint density at radius 2 is 1.05 bits per heavy atom. The number of nitrogens with zero attached hydrogens (tertiary/aromatic N) is 3. The molecule has 200 valence electrons. The zero-order chi connectivity index (χ0) is 28.3. The number of rotatable bonds is 3. The molecule has 3 heterocycles. The normalized spacial score (nSPS) is 11.7. The molecule has 0 aliphatic rings. The van der Waals surface area contributed by atoms with Gasteiger partial charge in [-0.1, -0.05) is 109 Å². The minimum absolute atomic E-state index is 0.725. The lowest BCUT2D eigenvalue weighted by molar-refractivity contribution is 1.23. The zero-order valence-electron chi connectivity index (χ0n) is 23.0. The van der Waals surface area contributed by atoms with Crippen molar-refractivity contribution in [1.29, 1.82) is 0 Å². The van der Waals surface area contributed by atoms with Crippen LogP contribution in [-0.2, 0) is 0 Å². The van der Waals surface area contributed by atoms with Crippen molar-refractivity contribution in [1.82, 2.24) is 15.0 Å². The molecule has 0 aliphatic heterocycles. The number of aromatic nitrogens is 3. The minimum Gasteiger partial charge on any atom is -0.247 e. The van der Waals surface area contributed by atoms with E-state index in [1.807, 2.05) is 35.6 Å². The third kappa shape index (κ3) is 3.84. The van der Waals surface area contributed by atoms with Crippen LogP contribution in [0.15, 0.2) is 140 Å². The summed E-state index contributed by atoms with van der Waals surface area (Å²) in [6, 6.07) is 48.8. The van der Waals surface area contributed by atoms with Gasteiger partial charge in [-0.2, -0.15) is 0 Å². The number of para-hydroxylation sites is 1. The van der Waals surface area contributed by atoms with Gasteiger partial charge < -0.3 is 0 Å². The summed E-state index contributed by atoms with van der Waals surface area (Å²) in [5.74, 6) is 0.725. The first-order chi connectivity index (χ1) is 21.3. The van der Waals surface area contributed by atoms with E-state index in [-0.39, 0.29) is 0 Å². The number of fused-ring (bicyclic) bond motifs is 8. The molecule has 0 fully saturated rings. The van der Waals surface area contributed by atoms with Gasteiger partial charge in [0.25, 0.3) is 0 Å². The van der Waals surface area contributed by atoms with Crippen molar-refractivity contribution >= 4 is 64.1 Å². The molecule has 9 aromatic rings. The van der Waals surface area contributed by atoms with Crippen LogP contribution in [0.4, 0.5) is 0 Å². The van der Waals surface area contributed by atoms with E-state index in [9.17, 15) is 0 Å². The van der Waals surface area contributed by atoms with Crippen LogP contribution < -0.4 is 0 Å². The van der Waals surface area contributed by atoms with E-state index >= 15 is 0 Å². The van der Waals surface area contributed by atoms with E-state index in [0.29, 0.717) is 0 Å². The summed E-state index contributed by atoms with van der Waals surface area (Å²) < 4.78 is 2.58. The highest BCUT2D eigenvalue weighted by Gasteiger charge is 2.18. The zero-order valence-corrected chi connectivity index (χ0v) is 23.8. The lowest BCUT2D eigenvalue weighted by Gasteiger charge is -2.14. The molecule has 0 N–H and O–H groups in total. The summed E-state index contributed by atoms with van der Waals surface area (Å²) in [4.78, 5) is 15.4. The van der Waals surface area contributed by atoms with Gasteiger partial charge in [0.05, 0.1) is 22.4 Å². The van der Waals surface area contributed by atoms with E-state index < -0.39 is 0 Å². The van der Waals surface area contributed by atoms with Crippen LogP contribution in [0.2, 0.25) is 0 Å². The first-order valence-corrected chi connectivity index (χ1v) is 15.2. The fraction of sp³-hybridized carbons (Fsp3) is 0. The first kappa shape index (κ1) is 24.2. The molecule has 6 aromatic carbocycles. The van der Waals surface area contributed by atoms with E-state index in [1.165, 1.54) is 25.6 Å². The lowest BCUT2D eigenvalue weighted by Crippen LogP contribution is -1.96. The molecule has 43 heavy (non-hydrogen) atoms. The van der Waals surface area contributed by atoms with Gasteiger partial charge in [-0.25, -0.2) is 15.0 Å². The predicted octanol–water partition coefficient (Wildman–Crippen LogP) is 10.7. The molecule has 0 radical (unpaired) electrons. The van der Waals surface area contributed by atoms with Gasteiger partial charge in [0.2, 0.25) is 0 Å². The number of pyridine rings is 1. The van der Waals surface area contributed by atoms with Gasteiger partial charge in [-0.05, 0) is 30.3 Å².